The van der Waals surface area contributed by atoms with Crippen molar-refractivity contribution in [3.63, 3.8) is 0 Å². The molecule has 1 aliphatic rings. The summed E-state index contributed by atoms with van der Waals surface area (Å²) in [4.78, 5) is 30.7. The summed E-state index contributed by atoms with van der Waals surface area (Å²) in [5.41, 5.74) is 3.33. The fraction of sp³-hybridized carbons (Fsp3) is 0.500. The second kappa shape index (κ2) is 9.36. The topological polar surface area (TPSA) is 79.7 Å². The lowest BCUT2D eigenvalue weighted by Gasteiger charge is -2.23. The predicted molar refractivity (Wildman–Crippen MR) is 96.2 cm³/mol. The minimum Gasteiger partial charge on any atom is -0.478 e. The van der Waals surface area contributed by atoms with Crippen molar-refractivity contribution < 1.29 is 19.4 Å². The number of rotatable bonds is 9. The van der Waals surface area contributed by atoms with Gasteiger partial charge in [-0.1, -0.05) is 19.8 Å². The van der Waals surface area contributed by atoms with Crippen LogP contribution in [0.2, 0.25) is 0 Å². The van der Waals surface area contributed by atoms with E-state index in [1.165, 1.54) is 0 Å². The van der Waals surface area contributed by atoms with Crippen LogP contribution in [0.25, 0.3) is 0 Å². The molecule has 2 rings (SSSR count). The summed E-state index contributed by atoms with van der Waals surface area (Å²) in [6.07, 6.45) is 7.13. The van der Waals surface area contributed by atoms with Gasteiger partial charge in [-0.15, -0.1) is 11.3 Å². The number of aliphatic carboxylic acids is 1. The molecule has 136 valence electrons. The van der Waals surface area contributed by atoms with Gasteiger partial charge in [-0.2, -0.15) is 0 Å². The highest BCUT2D eigenvalue weighted by atomic mass is 32.1. The Kier molecular flexibility index (Phi) is 7.18. The maximum absolute atomic E-state index is 12.3. The highest BCUT2D eigenvalue weighted by Crippen LogP contribution is 2.21. The maximum Gasteiger partial charge on any atom is 0.335 e. The zero-order valence-corrected chi connectivity index (χ0v) is 15.5. The van der Waals surface area contributed by atoms with E-state index in [2.05, 4.69) is 11.9 Å². The summed E-state index contributed by atoms with van der Waals surface area (Å²) in [7, 11) is 0. The van der Waals surface area contributed by atoms with Gasteiger partial charge in [0.2, 0.25) is 0 Å². The average molecular weight is 364 g/mol. The standard InChI is InChI=1S/C18H24N2O4S/c1-3-4-5-7-20-10-14(17(21)22)9-15(11-20)18(23)24-8-6-16-13(2)19-12-25-16/h10-12H,3-9H2,1-2H3,(H,21,22). The molecule has 25 heavy (non-hydrogen) atoms. The predicted octanol–water partition coefficient (Wildman–Crippen LogP) is 3.29. The van der Waals surface area contributed by atoms with Crippen molar-refractivity contribution in [1.29, 1.82) is 0 Å². The van der Waals surface area contributed by atoms with E-state index in [-0.39, 0.29) is 18.6 Å². The first-order chi connectivity index (χ1) is 12.0. The third-order valence-corrected chi connectivity index (χ3v) is 4.98. The van der Waals surface area contributed by atoms with Crippen LogP contribution in [0.15, 0.2) is 29.1 Å². The zero-order valence-electron chi connectivity index (χ0n) is 14.7. The Hall–Kier alpha value is -2.15. The quantitative estimate of drug-likeness (QED) is 0.535. The van der Waals surface area contributed by atoms with Gasteiger partial charge in [0.25, 0.3) is 0 Å². The number of ether oxygens (including phenoxy) is 1. The van der Waals surface area contributed by atoms with Crippen LogP contribution >= 0.6 is 11.3 Å². The maximum atomic E-state index is 12.3. The number of unbranched alkanes of at least 4 members (excludes halogenated alkanes) is 2. The number of carboxylic acids is 1. The van der Waals surface area contributed by atoms with Crippen LogP contribution in [-0.2, 0) is 20.7 Å². The molecule has 0 amide bonds. The number of nitrogens with zero attached hydrogens (tertiary/aromatic N) is 2. The van der Waals surface area contributed by atoms with Gasteiger partial charge < -0.3 is 14.7 Å². The van der Waals surface area contributed by atoms with Crippen molar-refractivity contribution in [1.82, 2.24) is 9.88 Å². The number of carbonyl (C=O) groups is 2. The fourth-order valence-corrected chi connectivity index (χ4v) is 3.32. The van der Waals surface area contributed by atoms with Crippen LogP contribution in [0, 0.1) is 6.92 Å². The second-order valence-electron chi connectivity index (χ2n) is 5.98. The van der Waals surface area contributed by atoms with E-state index in [0.717, 1.165) is 29.8 Å². The van der Waals surface area contributed by atoms with Gasteiger partial charge >= 0.3 is 11.9 Å². The molecule has 0 fully saturated rings. The first-order valence-corrected chi connectivity index (χ1v) is 9.35. The van der Waals surface area contributed by atoms with E-state index in [4.69, 9.17) is 4.74 Å². The molecule has 0 unspecified atom stereocenters. The second-order valence-corrected chi connectivity index (χ2v) is 6.92. The van der Waals surface area contributed by atoms with Crippen LogP contribution in [0.1, 0.15) is 43.2 Å². The molecule has 2 heterocycles. The number of aromatic nitrogens is 1. The molecular formula is C18H24N2O4S. The summed E-state index contributed by atoms with van der Waals surface area (Å²) in [5.74, 6) is -1.45. The number of hydrogen-bond donors (Lipinski definition) is 1. The monoisotopic (exact) mass is 364 g/mol. The van der Waals surface area contributed by atoms with Crippen molar-refractivity contribution >= 4 is 23.3 Å². The zero-order chi connectivity index (χ0) is 18.2. The summed E-state index contributed by atoms with van der Waals surface area (Å²) < 4.78 is 5.34. The van der Waals surface area contributed by atoms with Crippen molar-refractivity contribution in [3.05, 3.63) is 39.6 Å². The van der Waals surface area contributed by atoms with Crippen LogP contribution in [-0.4, -0.2) is 40.1 Å². The Morgan fingerprint density at radius 2 is 2.08 bits per heavy atom. The molecular weight excluding hydrogens is 340 g/mol. The summed E-state index contributed by atoms with van der Waals surface area (Å²) >= 11 is 1.54. The summed E-state index contributed by atoms with van der Waals surface area (Å²) in [6, 6.07) is 0. The van der Waals surface area contributed by atoms with Crippen LogP contribution < -0.4 is 0 Å². The highest BCUT2D eigenvalue weighted by Gasteiger charge is 2.22. The Morgan fingerprint density at radius 3 is 2.72 bits per heavy atom. The number of hydrogen-bond acceptors (Lipinski definition) is 6. The van der Waals surface area contributed by atoms with E-state index in [0.29, 0.717) is 18.5 Å². The molecule has 0 saturated carbocycles. The third-order valence-electron chi connectivity index (χ3n) is 3.99. The Bertz CT molecular complexity index is 678. The summed E-state index contributed by atoms with van der Waals surface area (Å²) in [5, 5.41) is 9.28. The molecule has 1 aliphatic heterocycles. The molecule has 0 spiro atoms. The van der Waals surface area contributed by atoms with Crippen LogP contribution in [0.3, 0.4) is 0 Å². The molecule has 6 nitrogen and oxygen atoms in total. The molecule has 0 bridgehead atoms. The lowest BCUT2D eigenvalue weighted by Crippen LogP contribution is -2.23. The van der Waals surface area contributed by atoms with Gasteiger partial charge in [-0.25, -0.2) is 14.6 Å². The molecule has 0 radical (unpaired) electrons. The molecule has 7 heteroatoms. The van der Waals surface area contributed by atoms with Gasteiger partial charge in [0.05, 0.1) is 29.0 Å². The van der Waals surface area contributed by atoms with Gasteiger partial charge in [0.1, 0.15) is 0 Å². The Labute approximate surface area is 151 Å². The Balaban J connectivity index is 1.93. The van der Waals surface area contributed by atoms with E-state index >= 15 is 0 Å². The smallest absolute Gasteiger partial charge is 0.335 e. The number of aryl methyl sites for hydroxylation is 1. The highest BCUT2D eigenvalue weighted by molar-refractivity contribution is 7.09. The fourth-order valence-electron chi connectivity index (χ4n) is 2.56. The molecule has 1 N–H and O–H groups in total. The van der Waals surface area contributed by atoms with Gasteiger partial charge in [0.15, 0.2) is 0 Å². The number of carboxylic acid groups (broad SMARTS) is 1. The lowest BCUT2D eigenvalue weighted by molar-refractivity contribution is -0.139. The van der Waals surface area contributed by atoms with Gasteiger partial charge in [0, 0.05) is 36.7 Å². The lowest BCUT2D eigenvalue weighted by atomic mass is 10.0. The minimum atomic E-state index is -1.00. The molecule has 1 aromatic rings. The SMILES string of the molecule is CCCCCN1C=C(C(=O)O)CC(C(=O)OCCc2scnc2C)=C1. The number of carbonyl (C=O) groups excluding carboxylic acids is 1. The molecule has 0 atom stereocenters. The van der Waals surface area contributed by atoms with Crippen LogP contribution in [0.4, 0.5) is 0 Å². The number of esters is 1. The normalized spacial score (nSPS) is 14.1. The van der Waals surface area contributed by atoms with Gasteiger partial charge in [-0.05, 0) is 13.3 Å². The largest absolute Gasteiger partial charge is 0.478 e. The van der Waals surface area contributed by atoms with Crippen molar-refractivity contribution in [3.8, 4) is 0 Å². The first-order valence-electron chi connectivity index (χ1n) is 8.47. The van der Waals surface area contributed by atoms with E-state index < -0.39 is 11.9 Å². The molecule has 1 aromatic heterocycles. The van der Waals surface area contributed by atoms with Gasteiger partial charge in [-0.3, -0.25) is 0 Å². The van der Waals surface area contributed by atoms with Crippen LogP contribution in [0.5, 0.6) is 0 Å². The van der Waals surface area contributed by atoms with E-state index in [1.807, 2.05) is 6.92 Å². The average Bonchev–Trinajstić information content (AvgIpc) is 3.00. The minimum absolute atomic E-state index is 0.0953. The summed E-state index contributed by atoms with van der Waals surface area (Å²) in [6.45, 7) is 5.00. The molecule has 0 aliphatic carbocycles. The van der Waals surface area contributed by atoms with E-state index in [1.54, 1.807) is 34.1 Å². The van der Waals surface area contributed by atoms with Crippen molar-refractivity contribution in [2.75, 3.05) is 13.2 Å². The number of thiazole rings is 1. The van der Waals surface area contributed by atoms with E-state index in [9.17, 15) is 14.7 Å². The van der Waals surface area contributed by atoms with Crippen molar-refractivity contribution in [2.45, 2.75) is 46.0 Å². The van der Waals surface area contributed by atoms with Crippen molar-refractivity contribution in [2.24, 2.45) is 0 Å². The molecule has 0 aromatic carbocycles. The Morgan fingerprint density at radius 1 is 1.32 bits per heavy atom. The third kappa shape index (κ3) is 5.70. The molecule has 0 saturated heterocycles. The first kappa shape index (κ1) is 19.2.